The van der Waals surface area contributed by atoms with Crippen LogP contribution in [0.25, 0.3) is 11.3 Å². The van der Waals surface area contributed by atoms with E-state index in [0.29, 0.717) is 23.9 Å². The molecule has 0 saturated heterocycles. The van der Waals surface area contributed by atoms with Gasteiger partial charge in [0.25, 0.3) is 5.91 Å². The van der Waals surface area contributed by atoms with Gasteiger partial charge in [-0.2, -0.15) is 0 Å². The number of nitrogens with one attached hydrogen (secondary N) is 1. The number of amides is 1. The van der Waals surface area contributed by atoms with Crippen LogP contribution in [0.3, 0.4) is 0 Å². The van der Waals surface area contributed by atoms with Gasteiger partial charge in [0.05, 0.1) is 12.2 Å². The zero-order valence-corrected chi connectivity index (χ0v) is 16.3. The van der Waals surface area contributed by atoms with Gasteiger partial charge in [0.15, 0.2) is 6.61 Å². The Morgan fingerprint density at radius 1 is 1.00 bits per heavy atom. The van der Waals surface area contributed by atoms with Crippen LogP contribution in [0, 0.1) is 19.7 Å². The Hall–Kier alpha value is -3.48. The fraction of sp³-hybridized carbons (Fsp3) is 0.227. The van der Waals surface area contributed by atoms with Crippen molar-refractivity contribution in [3.05, 3.63) is 71.5 Å². The molecular formula is C22H22FN3O3. The number of aromatic nitrogens is 2. The first-order chi connectivity index (χ1) is 14.0. The Bertz CT molecular complexity index is 960. The second-order valence-corrected chi connectivity index (χ2v) is 6.52. The van der Waals surface area contributed by atoms with Crippen molar-refractivity contribution in [1.29, 1.82) is 0 Å². The number of carbonyl (C=O) groups is 1. The van der Waals surface area contributed by atoms with Crippen LogP contribution in [-0.4, -0.2) is 35.9 Å². The van der Waals surface area contributed by atoms with Gasteiger partial charge in [-0.05, 0) is 61.4 Å². The van der Waals surface area contributed by atoms with Gasteiger partial charge in [0.1, 0.15) is 18.2 Å². The van der Waals surface area contributed by atoms with Crippen LogP contribution in [-0.2, 0) is 4.79 Å². The van der Waals surface area contributed by atoms with E-state index in [2.05, 4.69) is 15.5 Å². The molecule has 1 N–H and O–H groups in total. The van der Waals surface area contributed by atoms with Crippen molar-refractivity contribution in [3.63, 3.8) is 0 Å². The second-order valence-electron chi connectivity index (χ2n) is 6.52. The van der Waals surface area contributed by atoms with Crippen molar-refractivity contribution >= 4 is 5.91 Å². The van der Waals surface area contributed by atoms with E-state index < -0.39 is 0 Å². The minimum absolute atomic E-state index is 0.0591. The molecule has 2 aromatic carbocycles. The zero-order chi connectivity index (χ0) is 20.6. The summed E-state index contributed by atoms with van der Waals surface area (Å²) in [6.45, 7) is 4.41. The van der Waals surface area contributed by atoms with Gasteiger partial charge in [-0.3, -0.25) is 4.79 Å². The van der Waals surface area contributed by atoms with E-state index in [-0.39, 0.29) is 24.9 Å². The second kappa shape index (κ2) is 9.64. The summed E-state index contributed by atoms with van der Waals surface area (Å²) in [5.74, 6) is 0.514. The number of hydrogen-bond donors (Lipinski definition) is 1. The maximum absolute atomic E-state index is 13.0. The number of carbonyl (C=O) groups excluding carboxylic acids is 1. The van der Waals surface area contributed by atoms with E-state index in [1.54, 1.807) is 24.3 Å². The lowest BCUT2D eigenvalue weighted by atomic mass is 10.1. The summed E-state index contributed by atoms with van der Waals surface area (Å²) < 4.78 is 24.0. The first-order valence-electron chi connectivity index (χ1n) is 9.20. The van der Waals surface area contributed by atoms with Gasteiger partial charge in [0, 0.05) is 11.6 Å². The van der Waals surface area contributed by atoms with E-state index in [9.17, 15) is 9.18 Å². The molecule has 1 aromatic heterocycles. The highest BCUT2D eigenvalue weighted by atomic mass is 19.1. The summed E-state index contributed by atoms with van der Waals surface area (Å²) in [7, 11) is 0. The van der Waals surface area contributed by atoms with Crippen molar-refractivity contribution < 1.29 is 18.7 Å². The number of benzene rings is 2. The molecule has 7 heteroatoms. The Kier molecular flexibility index (Phi) is 6.73. The maximum Gasteiger partial charge on any atom is 0.258 e. The van der Waals surface area contributed by atoms with Crippen molar-refractivity contribution in [3.8, 4) is 22.9 Å². The molecule has 3 aromatic rings. The fourth-order valence-electron chi connectivity index (χ4n) is 2.57. The minimum Gasteiger partial charge on any atom is -0.483 e. The zero-order valence-electron chi connectivity index (χ0n) is 16.3. The molecule has 0 radical (unpaired) electrons. The molecule has 0 unspecified atom stereocenters. The molecule has 0 aliphatic heterocycles. The molecule has 0 spiro atoms. The summed E-state index contributed by atoms with van der Waals surface area (Å²) in [6.07, 6.45) is 0. The average molecular weight is 395 g/mol. The van der Waals surface area contributed by atoms with Crippen LogP contribution >= 0.6 is 0 Å². The van der Waals surface area contributed by atoms with Crippen LogP contribution in [0.1, 0.15) is 11.1 Å². The SMILES string of the molecule is Cc1ccc(C)c(OCC(=O)NCCOc2ccc(-c3ccc(F)cc3)nn2)c1. The van der Waals surface area contributed by atoms with Gasteiger partial charge in [-0.25, -0.2) is 4.39 Å². The third-order valence-electron chi connectivity index (χ3n) is 4.16. The Balaban J connectivity index is 1.39. The number of hydrogen-bond acceptors (Lipinski definition) is 5. The van der Waals surface area contributed by atoms with Gasteiger partial charge in [0.2, 0.25) is 5.88 Å². The number of ether oxygens (including phenoxy) is 2. The molecule has 1 heterocycles. The summed E-state index contributed by atoms with van der Waals surface area (Å²) in [5, 5.41) is 10.8. The smallest absolute Gasteiger partial charge is 0.258 e. The third-order valence-corrected chi connectivity index (χ3v) is 4.16. The molecule has 1 amide bonds. The van der Waals surface area contributed by atoms with Gasteiger partial charge >= 0.3 is 0 Å². The van der Waals surface area contributed by atoms with Gasteiger partial charge < -0.3 is 14.8 Å². The minimum atomic E-state index is -0.303. The molecule has 29 heavy (non-hydrogen) atoms. The van der Waals surface area contributed by atoms with E-state index in [1.807, 2.05) is 32.0 Å². The third kappa shape index (κ3) is 6.00. The Labute approximate surface area is 168 Å². The lowest BCUT2D eigenvalue weighted by molar-refractivity contribution is -0.123. The summed E-state index contributed by atoms with van der Waals surface area (Å²) >= 11 is 0. The lowest BCUT2D eigenvalue weighted by Crippen LogP contribution is -2.32. The molecule has 0 saturated carbocycles. The van der Waals surface area contributed by atoms with E-state index in [4.69, 9.17) is 9.47 Å². The van der Waals surface area contributed by atoms with Gasteiger partial charge in [-0.1, -0.05) is 12.1 Å². The van der Waals surface area contributed by atoms with Crippen LogP contribution in [0.4, 0.5) is 4.39 Å². The van der Waals surface area contributed by atoms with Crippen molar-refractivity contribution in [1.82, 2.24) is 15.5 Å². The number of nitrogens with zero attached hydrogens (tertiary/aromatic N) is 2. The summed E-state index contributed by atoms with van der Waals surface area (Å²) in [5.41, 5.74) is 3.44. The number of rotatable bonds is 8. The van der Waals surface area contributed by atoms with Crippen molar-refractivity contribution in [2.45, 2.75) is 13.8 Å². The Morgan fingerprint density at radius 3 is 2.52 bits per heavy atom. The summed E-state index contributed by atoms with van der Waals surface area (Å²) in [6, 6.07) is 15.3. The van der Waals surface area contributed by atoms with Crippen LogP contribution < -0.4 is 14.8 Å². The predicted molar refractivity (Wildman–Crippen MR) is 107 cm³/mol. The van der Waals surface area contributed by atoms with E-state index >= 15 is 0 Å². The first-order valence-corrected chi connectivity index (χ1v) is 9.20. The molecular weight excluding hydrogens is 373 g/mol. The maximum atomic E-state index is 13.0. The summed E-state index contributed by atoms with van der Waals surface area (Å²) in [4.78, 5) is 11.9. The normalized spacial score (nSPS) is 10.4. The average Bonchev–Trinajstić information content (AvgIpc) is 2.73. The van der Waals surface area contributed by atoms with E-state index in [0.717, 1.165) is 16.7 Å². The van der Waals surface area contributed by atoms with E-state index in [1.165, 1.54) is 12.1 Å². The van der Waals surface area contributed by atoms with Crippen LogP contribution in [0.2, 0.25) is 0 Å². The largest absolute Gasteiger partial charge is 0.483 e. The monoisotopic (exact) mass is 395 g/mol. The molecule has 6 nitrogen and oxygen atoms in total. The quantitative estimate of drug-likeness (QED) is 0.591. The highest BCUT2D eigenvalue weighted by molar-refractivity contribution is 5.77. The molecule has 0 fully saturated rings. The predicted octanol–water partition coefficient (Wildman–Crippen LogP) is 3.47. The molecule has 0 atom stereocenters. The number of halogens is 1. The topological polar surface area (TPSA) is 73.3 Å². The van der Waals surface area contributed by atoms with Gasteiger partial charge in [-0.15, -0.1) is 10.2 Å². The van der Waals surface area contributed by atoms with Crippen molar-refractivity contribution in [2.24, 2.45) is 0 Å². The molecule has 0 aliphatic carbocycles. The molecule has 150 valence electrons. The fourth-order valence-corrected chi connectivity index (χ4v) is 2.57. The highest BCUT2D eigenvalue weighted by Gasteiger charge is 2.06. The first kappa shape index (κ1) is 20.3. The highest BCUT2D eigenvalue weighted by Crippen LogP contribution is 2.19. The number of aryl methyl sites for hydroxylation is 2. The standard InChI is InChI=1S/C22H22FN3O3/c1-15-3-4-16(2)20(13-15)29-14-21(27)24-11-12-28-22-10-9-19(25-26-22)17-5-7-18(23)8-6-17/h3-10,13H,11-12,14H2,1-2H3,(H,24,27). The Morgan fingerprint density at radius 2 is 1.79 bits per heavy atom. The molecule has 0 bridgehead atoms. The van der Waals surface area contributed by atoms with Crippen LogP contribution in [0.15, 0.2) is 54.6 Å². The molecule has 0 aliphatic rings. The van der Waals surface area contributed by atoms with Crippen LogP contribution in [0.5, 0.6) is 11.6 Å². The molecule has 3 rings (SSSR count). The van der Waals surface area contributed by atoms with Crippen molar-refractivity contribution in [2.75, 3.05) is 19.8 Å². The lowest BCUT2D eigenvalue weighted by Gasteiger charge is -2.10.